The quantitative estimate of drug-likeness (QED) is 0.634. The molecule has 0 aromatic carbocycles. The summed E-state index contributed by atoms with van der Waals surface area (Å²) in [5, 5.41) is 3.96. The number of anilines is 1. The molecule has 8 nitrogen and oxygen atoms in total. The highest BCUT2D eigenvalue weighted by Crippen LogP contribution is 2.22. The molecule has 30 heavy (non-hydrogen) atoms. The number of hydrogen-bond acceptors (Lipinski definition) is 6. The zero-order chi connectivity index (χ0) is 20.3. The smallest absolute Gasteiger partial charge is 0.351 e. The number of nitrogens with zero attached hydrogens (tertiary/aromatic N) is 6. The molecular formula is C19H24ClF2N7O. The molecule has 0 saturated carbocycles. The fraction of sp³-hybridized carbons (Fsp3) is 0.263. The van der Waals surface area contributed by atoms with E-state index in [9.17, 15) is 13.6 Å². The van der Waals surface area contributed by atoms with Crippen molar-refractivity contribution in [3.8, 4) is 17.1 Å². The predicted octanol–water partition coefficient (Wildman–Crippen LogP) is 2.57. The standard InChI is InChI=1S/C18H19F2N7O.CH4.ClH/c1-25(2)17-14(20)6-13(9-22-17)15-4-3-5-16(24-15)26-11-23-27(18(26)28)10-12(7-19)8-21;;/h3-7,9,11H,8,10,21H2,1-2H3;1H4;1H/b12-7+;;. The van der Waals surface area contributed by atoms with Crippen molar-refractivity contribution in [2.24, 2.45) is 5.73 Å². The fourth-order valence-electron chi connectivity index (χ4n) is 2.56. The van der Waals surface area contributed by atoms with Crippen molar-refractivity contribution in [2.45, 2.75) is 14.0 Å². The van der Waals surface area contributed by atoms with Crippen LogP contribution < -0.4 is 16.3 Å². The highest BCUT2D eigenvalue weighted by Gasteiger charge is 2.12. The van der Waals surface area contributed by atoms with Gasteiger partial charge in [0.2, 0.25) is 0 Å². The van der Waals surface area contributed by atoms with Gasteiger partial charge in [-0.15, -0.1) is 12.4 Å². The van der Waals surface area contributed by atoms with E-state index in [4.69, 9.17) is 5.73 Å². The molecule has 2 N–H and O–H groups in total. The summed E-state index contributed by atoms with van der Waals surface area (Å²) in [6, 6.07) is 6.32. The first kappa shape index (κ1) is 24.9. The second kappa shape index (κ2) is 10.6. The summed E-state index contributed by atoms with van der Waals surface area (Å²) in [7, 11) is 3.39. The van der Waals surface area contributed by atoms with Gasteiger partial charge in [0.15, 0.2) is 11.6 Å². The van der Waals surface area contributed by atoms with Crippen LogP contribution >= 0.6 is 12.4 Å². The summed E-state index contributed by atoms with van der Waals surface area (Å²) in [6.45, 7) is -0.0787. The van der Waals surface area contributed by atoms with Crippen molar-refractivity contribution < 1.29 is 8.78 Å². The van der Waals surface area contributed by atoms with E-state index in [2.05, 4.69) is 15.1 Å². The number of rotatable bonds is 6. The van der Waals surface area contributed by atoms with Crippen molar-refractivity contribution in [1.29, 1.82) is 0 Å². The normalized spacial score (nSPS) is 10.9. The van der Waals surface area contributed by atoms with Gasteiger partial charge in [-0.1, -0.05) is 13.5 Å². The highest BCUT2D eigenvalue weighted by atomic mass is 35.5. The zero-order valence-electron chi connectivity index (χ0n) is 15.8. The lowest BCUT2D eigenvalue weighted by Gasteiger charge is -2.12. The Labute approximate surface area is 179 Å². The Balaban J connectivity index is 0.00000225. The summed E-state index contributed by atoms with van der Waals surface area (Å²) < 4.78 is 29.2. The molecule has 0 amide bonds. The van der Waals surface area contributed by atoms with Crippen LogP contribution in [0.2, 0.25) is 0 Å². The molecule has 3 rings (SSSR count). The third-order valence-electron chi connectivity index (χ3n) is 4.03. The van der Waals surface area contributed by atoms with Crippen LogP contribution in [0.25, 0.3) is 17.1 Å². The van der Waals surface area contributed by atoms with Crippen LogP contribution in [-0.4, -0.2) is 45.0 Å². The van der Waals surface area contributed by atoms with Crippen molar-refractivity contribution in [1.82, 2.24) is 24.3 Å². The lowest BCUT2D eigenvalue weighted by atomic mass is 10.2. The Bertz CT molecular complexity index is 1080. The van der Waals surface area contributed by atoms with Gasteiger partial charge in [-0.2, -0.15) is 5.10 Å². The summed E-state index contributed by atoms with van der Waals surface area (Å²) in [4.78, 5) is 22.6. The van der Waals surface area contributed by atoms with Gasteiger partial charge in [-0.25, -0.2) is 32.8 Å². The average molecular weight is 440 g/mol. The van der Waals surface area contributed by atoms with Gasteiger partial charge in [0.05, 0.1) is 18.6 Å². The van der Waals surface area contributed by atoms with Gasteiger partial charge in [-0.3, -0.25) is 0 Å². The first-order valence-corrected chi connectivity index (χ1v) is 8.38. The van der Waals surface area contributed by atoms with Crippen LogP contribution in [0.4, 0.5) is 14.6 Å². The van der Waals surface area contributed by atoms with E-state index in [-0.39, 0.29) is 44.3 Å². The van der Waals surface area contributed by atoms with Gasteiger partial charge in [0.1, 0.15) is 12.1 Å². The molecule has 3 aromatic rings. The molecule has 162 valence electrons. The van der Waals surface area contributed by atoms with E-state index in [1.807, 2.05) is 0 Å². The number of aromatic nitrogens is 5. The average Bonchev–Trinajstić information content (AvgIpc) is 3.06. The minimum Gasteiger partial charge on any atom is -0.360 e. The highest BCUT2D eigenvalue weighted by molar-refractivity contribution is 5.85. The number of pyridine rings is 2. The third-order valence-corrected chi connectivity index (χ3v) is 4.03. The molecule has 0 fully saturated rings. The van der Waals surface area contributed by atoms with Crippen LogP contribution in [0.15, 0.2) is 53.5 Å². The molecule has 0 saturated heterocycles. The lowest BCUT2D eigenvalue weighted by Crippen LogP contribution is -2.26. The van der Waals surface area contributed by atoms with Crippen LogP contribution in [0.1, 0.15) is 7.43 Å². The second-order valence-electron chi connectivity index (χ2n) is 6.22. The van der Waals surface area contributed by atoms with Gasteiger partial charge in [0, 0.05) is 32.4 Å². The predicted molar refractivity (Wildman–Crippen MR) is 115 cm³/mol. The Morgan fingerprint density at radius 1 is 1.33 bits per heavy atom. The van der Waals surface area contributed by atoms with Gasteiger partial charge < -0.3 is 10.6 Å². The van der Waals surface area contributed by atoms with E-state index < -0.39 is 11.5 Å². The van der Waals surface area contributed by atoms with Gasteiger partial charge in [0.25, 0.3) is 0 Å². The first-order chi connectivity index (χ1) is 13.4. The third kappa shape index (κ3) is 5.08. The summed E-state index contributed by atoms with van der Waals surface area (Å²) in [5.41, 5.74) is 6.07. The largest absolute Gasteiger partial charge is 0.360 e. The van der Waals surface area contributed by atoms with Gasteiger partial charge in [-0.05, 0) is 23.8 Å². The number of nitrogens with two attached hydrogens (primary N) is 1. The van der Waals surface area contributed by atoms with Crippen LogP contribution in [0, 0.1) is 5.82 Å². The minimum atomic E-state index is -0.496. The van der Waals surface area contributed by atoms with E-state index in [1.165, 1.54) is 23.2 Å². The molecular weight excluding hydrogens is 416 g/mol. The maximum atomic E-state index is 14.2. The maximum absolute atomic E-state index is 14.2. The number of halogens is 3. The molecule has 0 unspecified atom stereocenters. The van der Waals surface area contributed by atoms with Gasteiger partial charge >= 0.3 is 5.69 Å². The lowest BCUT2D eigenvalue weighted by molar-refractivity contribution is 0.612. The molecule has 0 aliphatic carbocycles. The molecule has 0 atom stereocenters. The summed E-state index contributed by atoms with van der Waals surface area (Å²) >= 11 is 0. The monoisotopic (exact) mass is 439 g/mol. The Hall–Kier alpha value is -3.11. The van der Waals surface area contributed by atoms with E-state index in [1.54, 1.807) is 37.2 Å². The van der Waals surface area contributed by atoms with Crippen molar-refractivity contribution >= 4 is 18.2 Å². The minimum absolute atomic E-state index is 0. The van der Waals surface area contributed by atoms with Crippen molar-refractivity contribution in [2.75, 3.05) is 25.5 Å². The van der Waals surface area contributed by atoms with E-state index in [0.29, 0.717) is 23.4 Å². The number of hydrogen-bond donors (Lipinski definition) is 1. The maximum Gasteiger partial charge on any atom is 0.351 e. The second-order valence-corrected chi connectivity index (χ2v) is 6.22. The van der Waals surface area contributed by atoms with Crippen LogP contribution in [-0.2, 0) is 6.54 Å². The van der Waals surface area contributed by atoms with E-state index in [0.717, 1.165) is 4.68 Å². The molecule has 0 spiro atoms. The molecule has 0 aliphatic rings. The van der Waals surface area contributed by atoms with Crippen molar-refractivity contribution in [3.05, 3.63) is 65.0 Å². The Kier molecular flexibility index (Phi) is 8.81. The molecule has 0 aliphatic heterocycles. The molecule has 0 bridgehead atoms. The molecule has 0 radical (unpaired) electrons. The zero-order valence-corrected chi connectivity index (χ0v) is 16.6. The summed E-state index contributed by atoms with van der Waals surface area (Å²) in [6.07, 6.45) is 3.16. The van der Waals surface area contributed by atoms with E-state index >= 15 is 0 Å². The SMILES string of the molecule is C.CN(C)c1ncc(-c2cccc(-n3cnn(C/C(=C/F)CN)c3=O)n2)cc1F.Cl. The first-order valence-electron chi connectivity index (χ1n) is 8.38. The topological polar surface area (TPSA) is 94.9 Å². The molecule has 11 heteroatoms. The molecule has 3 aromatic heterocycles. The Morgan fingerprint density at radius 2 is 2.07 bits per heavy atom. The molecule has 3 heterocycles. The van der Waals surface area contributed by atoms with Crippen molar-refractivity contribution in [3.63, 3.8) is 0 Å². The fourth-order valence-corrected chi connectivity index (χ4v) is 2.56. The van der Waals surface area contributed by atoms with Crippen LogP contribution in [0.3, 0.4) is 0 Å². The van der Waals surface area contributed by atoms with Crippen LogP contribution in [0.5, 0.6) is 0 Å². The Morgan fingerprint density at radius 3 is 2.67 bits per heavy atom. The summed E-state index contributed by atoms with van der Waals surface area (Å²) in [5.74, 6) is 0.0328.